The first-order valence-corrected chi connectivity index (χ1v) is 7.78. The summed E-state index contributed by atoms with van der Waals surface area (Å²) < 4.78 is 12.8. The van der Waals surface area contributed by atoms with Crippen LogP contribution in [0.1, 0.15) is 38.2 Å². The van der Waals surface area contributed by atoms with Crippen molar-refractivity contribution in [1.82, 2.24) is 10.2 Å². The average Bonchev–Trinajstić information content (AvgIpc) is 3.32. The van der Waals surface area contributed by atoms with Crippen LogP contribution in [0.5, 0.6) is 0 Å². The fraction of sp³-hybridized carbons (Fsp3) is 0.529. The predicted octanol–water partition coefficient (Wildman–Crippen LogP) is 2.48. The van der Waals surface area contributed by atoms with Gasteiger partial charge in [-0.25, -0.2) is 4.39 Å². The van der Waals surface area contributed by atoms with Gasteiger partial charge in [-0.3, -0.25) is 9.59 Å². The molecule has 4 nitrogen and oxygen atoms in total. The van der Waals surface area contributed by atoms with Crippen molar-refractivity contribution >= 4 is 11.8 Å². The van der Waals surface area contributed by atoms with E-state index in [0.717, 1.165) is 18.4 Å². The third-order valence-corrected chi connectivity index (χ3v) is 4.15. The van der Waals surface area contributed by atoms with Crippen molar-refractivity contribution in [3.8, 4) is 0 Å². The molecule has 0 heterocycles. The standard InChI is InChI=1S/C17H23FN2O2/c1-3-4-11-20(2)16(22)17(9-10-17)15(21)19-12-13-5-7-14(18)8-6-13/h5-8H,3-4,9-12H2,1-2H3,(H,19,21). The van der Waals surface area contributed by atoms with Crippen LogP contribution >= 0.6 is 0 Å². The fourth-order valence-electron chi connectivity index (χ4n) is 2.48. The largest absolute Gasteiger partial charge is 0.351 e. The molecule has 0 radical (unpaired) electrons. The minimum absolute atomic E-state index is 0.0856. The lowest BCUT2D eigenvalue weighted by atomic mass is 10.0. The first-order valence-electron chi connectivity index (χ1n) is 7.78. The van der Waals surface area contributed by atoms with Crippen LogP contribution in [0.25, 0.3) is 0 Å². The molecule has 120 valence electrons. The fourth-order valence-corrected chi connectivity index (χ4v) is 2.48. The minimum Gasteiger partial charge on any atom is -0.351 e. The van der Waals surface area contributed by atoms with Gasteiger partial charge in [0.15, 0.2) is 0 Å². The third kappa shape index (κ3) is 3.64. The molecule has 2 rings (SSSR count). The van der Waals surface area contributed by atoms with Crippen molar-refractivity contribution in [2.45, 2.75) is 39.2 Å². The maximum Gasteiger partial charge on any atom is 0.238 e. The molecule has 0 saturated heterocycles. The molecule has 0 unspecified atom stereocenters. The Balaban J connectivity index is 1.91. The monoisotopic (exact) mass is 306 g/mol. The number of unbranched alkanes of at least 4 members (excludes halogenated alkanes) is 1. The number of amides is 2. The normalized spacial score (nSPS) is 15.2. The highest BCUT2D eigenvalue weighted by molar-refractivity contribution is 6.07. The van der Waals surface area contributed by atoms with Crippen molar-refractivity contribution in [3.63, 3.8) is 0 Å². The minimum atomic E-state index is -0.872. The van der Waals surface area contributed by atoms with Gasteiger partial charge in [0, 0.05) is 20.1 Å². The molecule has 1 aromatic carbocycles. The SMILES string of the molecule is CCCCN(C)C(=O)C1(C(=O)NCc2ccc(F)cc2)CC1. The van der Waals surface area contributed by atoms with Gasteiger partial charge >= 0.3 is 0 Å². The molecular formula is C17H23FN2O2. The molecule has 0 aliphatic heterocycles. The third-order valence-electron chi connectivity index (χ3n) is 4.15. The summed E-state index contributed by atoms with van der Waals surface area (Å²) in [6.07, 6.45) is 3.17. The Morgan fingerprint density at radius 2 is 1.91 bits per heavy atom. The number of carbonyl (C=O) groups excluding carboxylic acids is 2. The zero-order valence-electron chi connectivity index (χ0n) is 13.2. The van der Waals surface area contributed by atoms with Crippen molar-refractivity contribution in [1.29, 1.82) is 0 Å². The summed E-state index contributed by atoms with van der Waals surface area (Å²) in [4.78, 5) is 26.5. The van der Waals surface area contributed by atoms with E-state index < -0.39 is 5.41 Å². The van der Waals surface area contributed by atoms with Gasteiger partial charge < -0.3 is 10.2 Å². The van der Waals surface area contributed by atoms with Crippen molar-refractivity contribution in [2.24, 2.45) is 5.41 Å². The van der Waals surface area contributed by atoms with E-state index in [4.69, 9.17) is 0 Å². The summed E-state index contributed by atoms with van der Waals surface area (Å²) >= 11 is 0. The molecule has 1 aromatic rings. The maximum atomic E-state index is 12.8. The van der Waals surface area contributed by atoms with Crippen LogP contribution in [-0.2, 0) is 16.1 Å². The molecule has 5 heteroatoms. The van der Waals surface area contributed by atoms with E-state index in [-0.39, 0.29) is 17.6 Å². The smallest absolute Gasteiger partial charge is 0.238 e. The number of halogens is 1. The Morgan fingerprint density at radius 1 is 1.27 bits per heavy atom. The second kappa shape index (κ2) is 6.90. The van der Waals surface area contributed by atoms with E-state index in [2.05, 4.69) is 12.2 Å². The molecule has 2 amide bonds. The molecule has 1 fully saturated rings. The number of nitrogens with one attached hydrogen (secondary N) is 1. The Hall–Kier alpha value is -1.91. The van der Waals surface area contributed by atoms with E-state index in [1.165, 1.54) is 12.1 Å². The second-order valence-corrected chi connectivity index (χ2v) is 5.97. The van der Waals surface area contributed by atoms with Crippen molar-refractivity contribution < 1.29 is 14.0 Å². The van der Waals surface area contributed by atoms with Crippen LogP contribution in [0.15, 0.2) is 24.3 Å². The highest BCUT2D eigenvalue weighted by Gasteiger charge is 2.57. The van der Waals surface area contributed by atoms with Crippen LogP contribution in [-0.4, -0.2) is 30.3 Å². The lowest BCUT2D eigenvalue weighted by Crippen LogP contribution is -2.43. The van der Waals surface area contributed by atoms with E-state index in [9.17, 15) is 14.0 Å². The van der Waals surface area contributed by atoms with E-state index in [1.54, 1.807) is 24.1 Å². The molecule has 0 aromatic heterocycles. The molecule has 1 aliphatic rings. The van der Waals surface area contributed by atoms with Gasteiger partial charge in [0.1, 0.15) is 11.2 Å². The van der Waals surface area contributed by atoms with Crippen LogP contribution in [0.2, 0.25) is 0 Å². The van der Waals surface area contributed by atoms with Gasteiger partial charge in [-0.2, -0.15) is 0 Å². The van der Waals surface area contributed by atoms with Gasteiger partial charge in [0.2, 0.25) is 11.8 Å². The highest BCUT2D eigenvalue weighted by Crippen LogP contribution is 2.47. The number of rotatable bonds is 7. The number of benzene rings is 1. The van der Waals surface area contributed by atoms with Gasteiger partial charge in [-0.15, -0.1) is 0 Å². The van der Waals surface area contributed by atoms with Gasteiger partial charge in [0.05, 0.1) is 0 Å². The van der Waals surface area contributed by atoms with Crippen LogP contribution in [0, 0.1) is 11.2 Å². The molecule has 22 heavy (non-hydrogen) atoms. The van der Waals surface area contributed by atoms with Crippen LogP contribution in [0.4, 0.5) is 4.39 Å². The average molecular weight is 306 g/mol. The molecular weight excluding hydrogens is 283 g/mol. The van der Waals surface area contributed by atoms with E-state index in [1.807, 2.05) is 0 Å². The topological polar surface area (TPSA) is 49.4 Å². The summed E-state index contributed by atoms with van der Waals surface area (Å²) in [5.74, 6) is -0.607. The Morgan fingerprint density at radius 3 is 2.45 bits per heavy atom. The summed E-state index contributed by atoms with van der Waals surface area (Å²) in [7, 11) is 1.76. The number of hydrogen-bond acceptors (Lipinski definition) is 2. The lowest BCUT2D eigenvalue weighted by molar-refractivity contribution is -0.143. The Kier molecular flexibility index (Phi) is 5.16. The van der Waals surface area contributed by atoms with Crippen molar-refractivity contribution in [2.75, 3.05) is 13.6 Å². The van der Waals surface area contributed by atoms with Gasteiger partial charge in [0.25, 0.3) is 0 Å². The molecule has 0 bridgehead atoms. The number of nitrogens with zero attached hydrogens (tertiary/aromatic N) is 1. The lowest BCUT2D eigenvalue weighted by Gasteiger charge is -2.23. The summed E-state index contributed by atoms with van der Waals surface area (Å²) in [5, 5.41) is 2.80. The number of hydrogen-bond donors (Lipinski definition) is 1. The van der Waals surface area contributed by atoms with Crippen LogP contribution in [0.3, 0.4) is 0 Å². The first-order chi connectivity index (χ1) is 10.5. The van der Waals surface area contributed by atoms with Crippen LogP contribution < -0.4 is 5.32 Å². The summed E-state index contributed by atoms with van der Waals surface area (Å²) in [5.41, 5.74) is -0.0555. The highest BCUT2D eigenvalue weighted by atomic mass is 19.1. The summed E-state index contributed by atoms with van der Waals surface area (Å²) in [6, 6.07) is 5.98. The van der Waals surface area contributed by atoms with Gasteiger partial charge in [-0.05, 0) is 37.0 Å². The quantitative estimate of drug-likeness (QED) is 0.787. The first kappa shape index (κ1) is 16.5. The zero-order chi connectivity index (χ0) is 16.2. The van der Waals surface area contributed by atoms with E-state index in [0.29, 0.717) is 25.9 Å². The van der Waals surface area contributed by atoms with E-state index >= 15 is 0 Å². The Bertz CT molecular complexity index is 538. The number of carbonyl (C=O) groups is 2. The predicted molar refractivity (Wildman–Crippen MR) is 82.5 cm³/mol. The second-order valence-electron chi connectivity index (χ2n) is 5.97. The molecule has 1 aliphatic carbocycles. The zero-order valence-corrected chi connectivity index (χ0v) is 13.2. The molecule has 1 saturated carbocycles. The molecule has 0 spiro atoms. The Labute approximate surface area is 130 Å². The molecule has 0 atom stereocenters. The summed E-state index contributed by atoms with van der Waals surface area (Å²) in [6.45, 7) is 3.07. The maximum absolute atomic E-state index is 12.8. The molecule has 1 N–H and O–H groups in total. The van der Waals surface area contributed by atoms with Gasteiger partial charge in [-0.1, -0.05) is 25.5 Å². The van der Waals surface area contributed by atoms with Crippen molar-refractivity contribution in [3.05, 3.63) is 35.6 Å².